The average molecular weight is 879 g/mol. The van der Waals surface area contributed by atoms with E-state index in [4.69, 9.17) is 14.2 Å². The lowest BCUT2D eigenvalue weighted by molar-refractivity contribution is -0.140. The summed E-state index contributed by atoms with van der Waals surface area (Å²) in [5, 5.41) is 51.0. The topological polar surface area (TPSA) is 264 Å². The number of nitrogens with zero attached hydrogens (tertiary/aromatic N) is 10. The maximum absolute atomic E-state index is 11.7. The number of aliphatic carboxylic acids is 3. The van der Waals surface area contributed by atoms with Gasteiger partial charge in [-0.05, 0) is 14.1 Å². The number of aliphatic hydroxyl groups is 2. The number of rotatable bonds is 25. The lowest BCUT2D eigenvalue weighted by Crippen LogP contribution is -2.50. The van der Waals surface area contributed by atoms with Gasteiger partial charge in [-0.15, -0.1) is 0 Å². The van der Waals surface area contributed by atoms with Gasteiger partial charge in [0.15, 0.2) is 0 Å². The van der Waals surface area contributed by atoms with Crippen molar-refractivity contribution in [3.8, 4) is 0 Å². The molecule has 0 aliphatic carbocycles. The first-order valence-electron chi connectivity index (χ1n) is 20.5. The normalized spacial score (nSPS) is 20.4. The van der Waals surface area contributed by atoms with Crippen molar-refractivity contribution in [3.05, 3.63) is 0 Å². The molecule has 5 N–H and O–H groups in total. The van der Waals surface area contributed by atoms with Crippen LogP contribution in [0.2, 0.25) is 0 Å². The summed E-state index contributed by atoms with van der Waals surface area (Å²) in [6, 6.07) is 0. The molecule has 0 saturated carbocycles. The summed E-state index contributed by atoms with van der Waals surface area (Å²) in [6.07, 6.45) is -1.57. The highest BCUT2D eigenvalue weighted by atomic mass is 16.5. The van der Waals surface area contributed by atoms with E-state index in [1.165, 1.54) is 0 Å². The maximum atomic E-state index is 11.7. The Bertz CT molecular complexity index is 1280. The van der Waals surface area contributed by atoms with E-state index in [2.05, 4.69) is 4.90 Å². The van der Waals surface area contributed by atoms with Gasteiger partial charge in [-0.25, -0.2) is 0 Å². The smallest absolute Gasteiger partial charge is 0.317 e. The van der Waals surface area contributed by atoms with Crippen LogP contribution < -0.4 is 0 Å². The summed E-state index contributed by atoms with van der Waals surface area (Å²) in [7, 11) is 3.71. The minimum atomic E-state index is -0.998. The van der Waals surface area contributed by atoms with E-state index in [0.717, 1.165) is 0 Å². The number of carboxylic acid groups (broad SMARTS) is 3. The molecule has 0 aromatic rings. The molecule has 2 aliphatic rings. The fourth-order valence-corrected chi connectivity index (χ4v) is 7.32. The van der Waals surface area contributed by atoms with Crippen LogP contribution in [0.15, 0.2) is 0 Å². The highest BCUT2D eigenvalue weighted by Gasteiger charge is 2.24. The average Bonchev–Trinajstić information content (AvgIpc) is 3.18. The van der Waals surface area contributed by atoms with Crippen LogP contribution in [0.3, 0.4) is 0 Å². The minimum Gasteiger partial charge on any atom is -0.480 e. The number of carbonyl (C=O) groups is 6. The number of hydrogen-bond donors (Lipinski definition) is 5. The Morgan fingerprint density at radius 1 is 0.459 bits per heavy atom. The van der Waals surface area contributed by atoms with Gasteiger partial charge in [0.2, 0.25) is 0 Å². The van der Waals surface area contributed by atoms with Crippen LogP contribution in [-0.4, -0.2) is 316 Å². The molecule has 0 amide bonds. The Labute approximate surface area is 358 Å². The van der Waals surface area contributed by atoms with Gasteiger partial charge in [0.25, 0.3) is 19.4 Å². The molecule has 2 rings (SSSR count). The summed E-state index contributed by atoms with van der Waals surface area (Å²) in [6.45, 7) is 8.99. The second kappa shape index (κ2) is 31.2. The Hall–Kier alpha value is -3.66. The summed E-state index contributed by atoms with van der Waals surface area (Å²) < 4.78 is 15.0. The molecule has 0 aromatic carbocycles. The number of hydrogen-bond acceptors (Lipinski definition) is 21. The molecule has 2 atom stereocenters. The summed E-state index contributed by atoms with van der Waals surface area (Å²) in [5.41, 5.74) is 0. The predicted octanol–water partition coefficient (Wildman–Crippen LogP) is -5.38. The zero-order chi connectivity index (χ0) is 45.0. The van der Waals surface area contributed by atoms with Crippen molar-refractivity contribution in [2.24, 2.45) is 0 Å². The third-order valence-electron chi connectivity index (χ3n) is 10.4. The van der Waals surface area contributed by atoms with Gasteiger partial charge in [0.05, 0.1) is 38.5 Å². The van der Waals surface area contributed by atoms with Gasteiger partial charge >= 0.3 is 17.9 Å². The van der Waals surface area contributed by atoms with Crippen molar-refractivity contribution in [3.63, 3.8) is 0 Å². The Morgan fingerprint density at radius 3 is 0.918 bits per heavy atom. The zero-order valence-corrected chi connectivity index (χ0v) is 35.9. The molecule has 2 unspecified atom stereocenters. The fourth-order valence-electron chi connectivity index (χ4n) is 7.32. The molecule has 24 heteroatoms. The third kappa shape index (κ3) is 25.8. The predicted molar refractivity (Wildman–Crippen MR) is 218 cm³/mol. The van der Waals surface area contributed by atoms with Crippen molar-refractivity contribution >= 4 is 37.3 Å². The largest absolute Gasteiger partial charge is 0.480 e. The van der Waals surface area contributed by atoms with Gasteiger partial charge in [0, 0.05) is 131 Å². The Kier molecular flexibility index (Phi) is 27.4. The SMILES string of the molecule is CN(CC(O)CN1CCN(COC=O)CCN(COC=O)CCN(CC(=O)O)CC1)CN(C)CC(O)CN1CCN(COC=O)CCN(CC(=O)O)CCN(CC(=O)O)CC1. The number of ether oxygens (including phenoxy) is 3. The standard InChI is InChI=1S/C37H70N10O14/c1-38(19-33(51)21-40-3-5-42(23-35(53)54)7-8-44(25-37(57)58)11-15-45(13-9-40)27-59-30-48)26-39(2)20-34(52)22-41-4-6-43(24-36(55)56)12-16-47(29-61-32-50)18-17-46(14-10-41)28-60-31-49/h30-34,51-52H,3-29H2,1-2H3,(H,53,54)(H,55,56)(H,57,58). The van der Waals surface area contributed by atoms with E-state index in [1.807, 2.05) is 43.5 Å². The second-order valence-electron chi connectivity index (χ2n) is 15.7. The molecule has 61 heavy (non-hydrogen) atoms. The molecule has 0 aromatic heterocycles. The van der Waals surface area contributed by atoms with Crippen LogP contribution in [-0.2, 0) is 43.0 Å². The van der Waals surface area contributed by atoms with E-state index >= 15 is 0 Å². The highest BCUT2D eigenvalue weighted by molar-refractivity contribution is 5.69. The van der Waals surface area contributed by atoms with Crippen molar-refractivity contribution in [1.29, 1.82) is 0 Å². The number of likely N-dealkylation sites (N-methyl/N-ethyl adjacent to an activating group) is 2. The summed E-state index contributed by atoms with van der Waals surface area (Å²) in [5.74, 6) is -2.96. The molecule has 2 heterocycles. The van der Waals surface area contributed by atoms with Crippen LogP contribution in [0, 0.1) is 0 Å². The molecule has 2 aliphatic heterocycles. The van der Waals surface area contributed by atoms with Crippen LogP contribution in [0.1, 0.15) is 0 Å². The molecule has 0 bridgehead atoms. The minimum absolute atomic E-state index is 0.0158. The van der Waals surface area contributed by atoms with E-state index < -0.39 is 30.1 Å². The third-order valence-corrected chi connectivity index (χ3v) is 10.4. The van der Waals surface area contributed by atoms with Crippen LogP contribution >= 0.6 is 0 Å². The van der Waals surface area contributed by atoms with Crippen molar-refractivity contribution in [2.75, 3.05) is 191 Å². The maximum Gasteiger partial charge on any atom is 0.317 e. The van der Waals surface area contributed by atoms with Crippen molar-refractivity contribution in [1.82, 2.24) is 49.0 Å². The number of aliphatic hydroxyl groups excluding tert-OH is 2. The number of β-amino-alcohol motifs (C(OH)–C–C–N with tert-alkyl or cyclic N) is 2. The number of carbonyl (C=O) groups excluding carboxylic acids is 3. The van der Waals surface area contributed by atoms with Crippen LogP contribution in [0.25, 0.3) is 0 Å². The lowest BCUT2D eigenvalue weighted by Gasteiger charge is -2.35. The molecule has 2 saturated heterocycles. The number of carboxylic acids is 3. The van der Waals surface area contributed by atoms with Gasteiger partial charge < -0.3 is 39.7 Å². The molecule has 24 nitrogen and oxygen atoms in total. The summed E-state index contributed by atoms with van der Waals surface area (Å²) >= 11 is 0. The molecule has 2 fully saturated rings. The highest BCUT2D eigenvalue weighted by Crippen LogP contribution is 2.06. The van der Waals surface area contributed by atoms with E-state index in [1.54, 1.807) is 14.7 Å². The van der Waals surface area contributed by atoms with Gasteiger partial charge in [0.1, 0.15) is 20.2 Å². The first kappa shape index (κ1) is 53.5. The molecule has 0 radical (unpaired) electrons. The monoisotopic (exact) mass is 879 g/mol. The molecular formula is C37H70N10O14. The lowest BCUT2D eigenvalue weighted by atomic mass is 10.2. The second-order valence-corrected chi connectivity index (χ2v) is 15.7. The molecule has 0 spiro atoms. The fraction of sp³-hybridized carbons (Fsp3) is 0.838. The quantitative estimate of drug-likeness (QED) is 0.0326. The van der Waals surface area contributed by atoms with Gasteiger partial charge in [-0.3, -0.25) is 77.8 Å². The molecular weight excluding hydrogens is 808 g/mol. The van der Waals surface area contributed by atoms with Crippen LogP contribution in [0.4, 0.5) is 0 Å². The van der Waals surface area contributed by atoms with Crippen molar-refractivity contribution in [2.45, 2.75) is 12.2 Å². The van der Waals surface area contributed by atoms with E-state index in [0.29, 0.717) is 150 Å². The zero-order valence-electron chi connectivity index (χ0n) is 35.9. The van der Waals surface area contributed by atoms with E-state index in [9.17, 15) is 54.3 Å². The van der Waals surface area contributed by atoms with Crippen molar-refractivity contribution < 1.29 is 68.5 Å². The summed E-state index contributed by atoms with van der Waals surface area (Å²) in [4.78, 5) is 86.5. The Balaban J connectivity index is 2.02. The first-order chi connectivity index (χ1) is 29.2. The first-order valence-corrected chi connectivity index (χ1v) is 20.5. The van der Waals surface area contributed by atoms with E-state index in [-0.39, 0.29) is 46.4 Å². The van der Waals surface area contributed by atoms with Crippen LogP contribution in [0.5, 0.6) is 0 Å². The molecule has 352 valence electrons. The van der Waals surface area contributed by atoms with Gasteiger partial charge in [-0.1, -0.05) is 0 Å². The van der Waals surface area contributed by atoms with Gasteiger partial charge in [-0.2, -0.15) is 0 Å². The Morgan fingerprint density at radius 2 is 0.689 bits per heavy atom.